The zero-order valence-electron chi connectivity index (χ0n) is 16.9. The number of amides is 2. The Bertz CT molecular complexity index is 625. The number of quaternary nitrogens is 1. The summed E-state index contributed by atoms with van der Waals surface area (Å²) in [5.41, 5.74) is 4.81. The van der Waals surface area contributed by atoms with E-state index in [1.165, 1.54) is 0 Å². The minimum absolute atomic E-state index is 0.0469. The highest BCUT2D eigenvalue weighted by Gasteiger charge is 2.28. The van der Waals surface area contributed by atoms with Gasteiger partial charge in [0.15, 0.2) is 0 Å². The van der Waals surface area contributed by atoms with E-state index in [0.29, 0.717) is 25.9 Å². The van der Waals surface area contributed by atoms with Crippen LogP contribution in [-0.4, -0.2) is 43.6 Å². The summed E-state index contributed by atoms with van der Waals surface area (Å²) < 4.78 is 31.5. The van der Waals surface area contributed by atoms with Gasteiger partial charge in [-0.2, -0.15) is 13.2 Å². The van der Waals surface area contributed by atoms with Crippen molar-refractivity contribution in [2.75, 3.05) is 19.6 Å². The average molecular weight is 433 g/mol. The lowest BCUT2D eigenvalue weighted by atomic mass is 10.1. The number of hydrogen-bond donors (Lipinski definition) is 3. The van der Waals surface area contributed by atoms with Crippen molar-refractivity contribution in [2.45, 2.75) is 51.1 Å². The number of carboxylic acid groups (broad SMARTS) is 1. The smallest absolute Gasteiger partial charge is 0.430 e. The lowest BCUT2D eigenvalue weighted by Crippen LogP contribution is -2.50. The summed E-state index contributed by atoms with van der Waals surface area (Å²) in [6.45, 7) is 2.28. The molecule has 0 aromatic heterocycles. The highest BCUT2D eigenvalue weighted by atomic mass is 19.4. The van der Waals surface area contributed by atoms with E-state index in [1.807, 2.05) is 30.3 Å². The van der Waals surface area contributed by atoms with E-state index in [0.717, 1.165) is 44.2 Å². The first-order valence-corrected chi connectivity index (χ1v) is 9.81. The van der Waals surface area contributed by atoms with Gasteiger partial charge in [0.05, 0.1) is 13.0 Å². The van der Waals surface area contributed by atoms with Crippen molar-refractivity contribution >= 4 is 17.8 Å². The van der Waals surface area contributed by atoms with Gasteiger partial charge < -0.3 is 26.3 Å². The largest absolute Gasteiger partial charge is 0.542 e. The van der Waals surface area contributed by atoms with Gasteiger partial charge in [0.25, 0.3) is 0 Å². The molecule has 0 saturated heterocycles. The number of carbonyl (C=O) groups is 3. The first kappa shape index (κ1) is 27.4. The van der Waals surface area contributed by atoms with Crippen molar-refractivity contribution in [1.82, 2.24) is 10.6 Å². The number of aliphatic carboxylic acids is 1. The second kappa shape index (κ2) is 16.2. The van der Waals surface area contributed by atoms with Crippen LogP contribution in [0.1, 0.15) is 44.1 Å². The number of carboxylic acids is 1. The van der Waals surface area contributed by atoms with Crippen LogP contribution in [-0.2, 0) is 20.8 Å². The lowest BCUT2D eigenvalue weighted by Gasteiger charge is -2.07. The molecule has 0 saturated carbocycles. The summed E-state index contributed by atoms with van der Waals surface area (Å²) in [5, 5.41) is 14.6. The molecule has 0 unspecified atom stereocenters. The van der Waals surface area contributed by atoms with Gasteiger partial charge >= 0.3 is 6.18 Å². The van der Waals surface area contributed by atoms with Crippen LogP contribution in [0.5, 0.6) is 0 Å². The molecular weight excluding hydrogens is 403 g/mol. The predicted octanol–water partition coefficient (Wildman–Crippen LogP) is 0.343. The third kappa shape index (κ3) is 16.3. The lowest BCUT2D eigenvalue weighted by molar-refractivity contribution is -0.368. The van der Waals surface area contributed by atoms with Crippen molar-refractivity contribution in [2.24, 2.45) is 0 Å². The Morgan fingerprint density at radius 3 is 1.90 bits per heavy atom. The molecule has 10 heteroatoms. The molecule has 5 N–H and O–H groups in total. The maximum absolute atomic E-state index is 11.7. The molecule has 0 aliphatic heterocycles. The van der Waals surface area contributed by atoms with E-state index < -0.39 is 12.1 Å². The summed E-state index contributed by atoms with van der Waals surface area (Å²) in [5.74, 6) is -2.83. The molecule has 0 fully saturated rings. The van der Waals surface area contributed by atoms with Crippen molar-refractivity contribution in [3.63, 3.8) is 0 Å². The fourth-order valence-corrected chi connectivity index (χ4v) is 2.28. The molecule has 1 aromatic carbocycles. The molecule has 0 bridgehead atoms. The summed E-state index contributed by atoms with van der Waals surface area (Å²) in [4.78, 5) is 32.1. The first-order chi connectivity index (χ1) is 14.2. The summed E-state index contributed by atoms with van der Waals surface area (Å²) >= 11 is 0. The van der Waals surface area contributed by atoms with Crippen molar-refractivity contribution in [3.8, 4) is 0 Å². The average Bonchev–Trinajstić information content (AvgIpc) is 2.68. The molecule has 7 nitrogen and oxygen atoms in total. The van der Waals surface area contributed by atoms with E-state index in [1.54, 1.807) is 0 Å². The van der Waals surface area contributed by atoms with Gasteiger partial charge in [0.2, 0.25) is 11.8 Å². The number of halogens is 3. The molecule has 0 atom stereocenters. The predicted molar refractivity (Wildman–Crippen MR) is 103 cm³/mol. The minimum Gasteiger partial charge on any atom is -0.542 e. The topological polar surface area (TPSA) is 126 Å². The van der Waals surface area contributed by atoms with Crippen LogP contribution < -0.4 is 21.5 Å². The highest BCUT2D eigenvalue weighted by molar-refractivity contribution is 5.78. The number of benzene rings is 1. The molecule has 0 aliphatic carbocycles. The van der Waals surface area contributed by atoms with Crippen LogP contribution in [0, 0.1) is 0 Å². The molecule has 0 radical (unpaired) electrons. The van der Waals surface area contributed by atoms with Crippen LogP contribution in [0.15, 0.2) is 30.3 Å². The molecule has 0 spiro atoms. The third-order valence-corrected chi connectivity index (χ3v) is 3.84. The van der Waals surface area contributed by atoms with E-state index in [-0.39, 0.29) is 11.8 Å². The zero-order valence-corrected chi connectivity index (χ0v) is 16.9. The highest BCUT2D eigenvalue weighted by Crippen LogP contribution is 2.11. The normalized spacial score (nSPS) is 10.5. The SMILES string of the molecule is O=C([O-])C(F)(F)F.[NH3+]CCCCCC(=O)NCCCCNC(=O)Cc1ccccc1. The summed E-state index contributed by atoms with van der Waals surface area (Å²) in [6.07, 6.45) is 0.703. The van der Waals surface area contributed by atoms with Crippen molar-refractivity contribution < 1.29 is 38.4 Å². The standard InChI is InChI=1S/C18H29N3O2.C2HF3O2/c19-12-6-2-5-11-17(22)20-13-7-8-14-21-18(23)15-16-9-3-1-4-10-16;3-2(4,5)1(6)7/h1,3-4,9-10H,2,5-8,11-15,19H2,(H,20,22)(H,21,23);(H,6,7). The van der Waals surface area contributed by atoms with Crippen molar-refractivity contribution in [1.29, 1.82) is 0 Å². The molecule has 1 rings (SSSR count). The second-order valence-corrected chi connectivity index (χ2v) is 6.52. The monoisotopic (exact) mass is 433 g/mol. The van der Waals surface area contributed by atoms with Gasteiger partial charge in [-0.15, -0.1) is 0 Å². The fraction of sp³-hybridized carbons (Fsp3) is 0.550. The Labute approximate surface area is 174 Å². The second-order valence-electron chi connectivity index (χ2n) is 6.52. The van der Waals surface area contributed by atoms with Gasteiger partial charge in [-0.1, -0.05) is 30.3 Å². The van der Waals surface area contributed by atoms with Crippen molar-refractivity contribution in [3.05, 3.63) is 35.9 Å². The Balaban J connectivity index is 0.00000103. The van der Waals surface area contributed by atoms with E-state index in [9.17, 15) is 22.8 Å². The molecule has 170 valence electrons. The Kier molecular flexibility index (Phi) is 14.8. The van der Waals surface area contributed by atoms with Crippen LogP contribution in [0.2, 0.25) is 0 Å². The summed E-state index contributed by atoms with van der Waals surface area (Å²) in [6, 6.07) is 9.71. The number of hydrogen-bond acceptors (Lipinski definition) is 4. The first-order valence-electron chi connectivity index (χ1n) is 9.81. The van der Waals surface area contributed by atoms with E-state index in [2.05, 4.69) is 16.4 Å². The molecular formula is C20H30F3N3O4. The molecule has 0 aliphatic rings. The number of rotatable bonds is 12. The third-order valence-electron chi connectivity index (χ3n) is 3.84. The Morgan fingerprint density at radius 1 is 0.867 bits per heavy atom. The number of unbranched alkanes of at least 4 members (excludes halogenated alkanes) is 3. The fourth-order valence-electron chi connectivity index (χ4n) is 2.28. The van der Waals surface area contributed by atoms with Gasteiger partial charge in [0.1, 0.15) is 5.97 Å². The quantitative estimate of drug-likeness (QED) is 0.411. The maximum Gasteiger partial charge on any atom is 0.430 e. The molecule has 0 heterocycles. The molecule has 2 amide bonds. The number of alkyl halides is 3. The van der Waals surface area contributed by atoms with E-state index in [4.69, 9.17) is 9.90 Å². The number of nitrogens with one attached hydrogen (secondary N) is 2. The maximum atomic E-state index is 11.7. The Hall–Kier alpha value is -2.62. The van der Waals surface area contributed by atoms with Gasteiger partial charge in [-0.25, -0.2) is 0 Å². The van der Waals surface area contributed by atoms with E-state index >= 15 is 0 Å². The number of carbonyl (C=O) groups excluding carboxylic acids is 3. The summed E-state index contributed by atoms with van der Waals surface area (Å²) in [7, 11) is 0. The van der Waals surface area contributed by atoms with Gasteiger partial charge in [-0.3, -0.25) is 9.59 Å². The van der Waals surface area contributed by atoms with Gasteiger partial charge in [0, 0.05) is 19.5 Å². The van der Waals surface area contributed by atoms with Crippen LogP contribution in [0.4, 0.5) is 13.2 Å². The van der Waals surface area contributed by atoms with Crippen LogP contribution in [0.25, 0.3) is 0 Å². The van der Waals surface area contributed by atoms with Crippen LogP contribution >= 0.6 is 0 Å². The minimum atomic E-state index is -5.19. The molecule has 1 aromatic rings. The Morgan fingerprint density at radius 2 is 1.40 bits per heavy atom. The van der Waals surface area contributed by atoms with Gasteiger partial charge in [-0.05, 0) is 37.7 Å². The van der Waals surface area contributed by atoms with Crippen LogP contribution in [0.3, 0.4) is 0 Å². The molecule has 30 heavy (non-hydrogen) atoms. The zero-order chi connectivity index (χ0) is 22.8.